The zero-order valence-electron chi connectivity index (χ0n) is 26.1. The number of aliphatic hydroxyl groups is 1. The van der Waals surface area contributed by atoms with Gasteiger partial charge in [0.15, 0.2) is 0 Å². The first-order chi connectivity index (χ1) is 20.9. The summed E-state index contributed by atoms with van der Waals surface area (Å²) >= 11 is 1.77. The van der Waals surface area contributed by atoms with Crippen molar-refractivity contribution in [3.05, 3.63) is 75.9 Å². The lowest BCUT2D eigenvalue weighted by Gasteiger charge is -2.19. The molecule has 1 aliphatic rings. The zero-order valence-corrected chi connectivity index (χ0v) is 26.9. The normalized spacial score (nSPS) is 17.5. The Morgan fingerprint density at radius 2 is 1.95 bits per heavy atom. The van der Waals surface area contributed by atoms with E-state index >= 15 is 0 Å². The summed E-state index contributed by atoms with van der Waals surface area (Å²) in [6.07, 6.45) is 2.27. The number of aryl methyl sites for hydroxylation is 1. The first-order valence-corrected chi connectivity index (χ1v) is 16.1. The lowest BCUT2D eigenvalue weighted by atomic mass is 10.0. The fraction of sp³-hybridized carbons (Fsp3) is 0.441. The first kappa shape index (κ1) is 31.7. The average Bonchev–Trinajstić information content (AvgIpc) is 3.70. The molecular weight excluding hydrogens is 574 g/mol. The van der Waals surface area contributed by atoms with Crippen LogP contribution in [0.25, 0.3) is 21.5 Å². The summed E-state index contributed by atoms with van der Waals surface area (Å²) in [4.78, 5) is 35.6. The lowest BCUT2D eigenvalue weighted by molar-refractivity contribution is 0.0522. The summed E-state index contributed by atoms with van der Waals surface area (Å²) in [6, 6.07) is 16.1. The number of hydrogen-bond donors (Lipinski definition) is 5. The molecule has 3 atom stereocenters. The van der Waals surface area contributed by atoms with Gasteiger partial charge in [0, 0.05) is 21.9 Å². The number of rotatable bonds is 10. The van der Waals surface area contributed by atoms with Crippen molar-refractivity contribution in [3.8, 4) is 10.4 Å². The monoisotopic (exact) mass is 617 g/mol. The molecule has 44 heavy (non-hydrogen) atoms. The number of amides is 2. The summed E-state index contributed by atoms with van der Waals surface area (Å²) in [6.45, 7) is 11.3. The number of carbonyl (C=O) groups excluding carboxylic acids is 2. The number of H-pyrrole nitrogens is 1. The van der Waals surface area contributed by atoms with Gasteiger partial charge in [-0.15, -0.1) is 11.3 Å². The van der Waals surface area contributed by atoms with E-state index in [-0.39, 0.29) is 24.6 Å². The van der Waals surface area contributed by atoms with Gasteiger partial charge < -0.3 is 30.8 Å². The van der Waals surface area contributed by atoms with Gasteiger partial charge in [-0.2, -0.15) is 0 Å². The Bertz CT molecular complexity index is 1620. The molecule has 234 valence electrons. The maximum absolute atomic E-state index is 13.4. The summed E-state index contributed by atoms with van der Waals surface area (Å²) in [5, 5.41) is 19.2. The second-order valence-corrected chi connectivity index (χ2v) is 13.9. The maximum atomic E-state index is 13.4. The van der Waals surface area contributed by atoms with E-state index in [0.29, 0.717) is 17.3 Å². The van der Waals surface area contributed by atoms with E-state index in [1.807, 2.05) is 58.9 Å². The number of imidazole rings is 1. The Kier molecular flexibility index (Phi) is 9.72. The molecule has 2 aromatic heterocycles. The van der Waals surface area contributed by atoms with Crippen molar-refractivity contribution < 1.29 is 19.4 Å². The van der Waals surface area contributed by atoms with E-state index in [0.717, 1.165) is 60.1 Å². The smallest absolute Gasteiger partial charge is 0.408 e. The number of nitrogens with one attached hydrogen (secondary N) is 4. The zero-order chi connectivity index (χ0) is 31.4. The van der Waals surface area contributed by atoms with Crippen LogP contribution in [0.15, 0.2) is 48.5 Å². The lowest BCUT2D eigenvalue weighted by Crippen LogP contribution is -2.32. The van der Waals surface area contributed by atoms with Gasteiger partial charge in [-0.3, -0.25) is 4.79 Å². The number of aliphatic hydroxyl groups excluding tert-OH is 1. The van der Waals surface area contributed by atoms with Crippen LogP contribution in [0.2, 0.25) is 0 Å². The van der Waals surface area contributed by atoms with Crippen molar-refractivity contribution in [1.82, 2.24) is 25.9 Å². The van der Waals surface area contributed by atoms with Crippen molar-refractivity contribution >= 4 is 34.4 Å². The van der Waals surface area contributed by atoms with E-state index in [2.05, 4.69) is 50.2 Å². The Morgan fingerprint density at radius 1 is 1.14 bits per heavy atom. The van der Waals surface area contributed by atoms with Crippen molar-refractivity contribution in [2.24, 2.45) is 5.92 Å². The molecule has 0 radical (unpaired) electrons. The van der Waals surface area contributed by atoms with Crippen LogP contribution in [0, 0.1) is 12.8 Å². The topological polar surface area (TPSA) is 128 Å². The largest absolute Gasteiger partial charge is 0.444 e. The van der Waals surface area contributed by atoms with Crippen molar-refractivity contribution in [3.63, 3.8) is 0 Å². The van der Waals surface area contributed by atoms with Gasteiger partial charge in [0.1, 0.15) is 11.4 Å². The SMILES string of the molecule is Cc1cc2nc(CNC(=O)OC(C)(C)C)[nH]c2cc1C(=O)N[C@H](C)c1cccc(-c2ccc(CNCC3CC[C@@H](O)C3)s2)c1. The van der Waals surface area contributed by atoms with Crippen LogP contribution >= 0.6 is 11.3 Å². The number of ether oxygens (including phenoxy) is 1. The summed E-state index contributed by atoms with van der Waals surface area (Å²) in [5.41, 5.74) is 4.41. The maximum Gasteiger partial charge on any atom is 0.408 e. The average molecular weight is 618 g/mol. The first-order valence-electron chi connectivity index (χ1n) is 15.3. The fourth-order valence-electron chi connectivity index (χ4n) is 5.59. The highest BCUT2D eigenvalue weighted by Gasteiger charge is 2.22. The van der Waals surface area contributed by atoms with E-state index in [1.165, 1.54) is 9.75 Å². The summed E-state index contributed by atoms with van der Waals surface area (Å²) in [5.74, 6) is 0.979. The Balaban J connectivity index is 1.19. The number of fused-ring (bicyclic) bond motifs is 1. The predicted octanol–water partition coefficient (Wildman–Crippen LogP) is 6.37. The van der Waals surface area contributed by atoms with Crippen LogP contribution in [0.5, 0.6) is 0 Å². The van der Waals surface area contributed by atoms with Crippen LogP contribution < -0.4 is 16.0 Å². The number of aromatic nitrogens is 2. The summed E-state index contributed by atoms with van der Waals surface area (Å²) in [7, 11) is 0. The van der Waals surface area contributed by atoms with Crippen molar-refractivity contribution in [1.29, 1.82) is 0 Å². The third-order valence-corrected chi connectivity index (χ3v) is 8.98. The highest BCUT2D eigenvalue weighted by Crippen LogP contribution is 2.31. The fourth-order valence-corrected chi connectivity index (χ4v) is 6.57. The van der Waals surface area contributed by atoms with E-state index in [1.54, 1.807) is 11.3 Å². The molecule has 0 bridgehead atoms. The van der Waals surface area contributed by atoms with E-state index in [4.69, 9.17) is 4.74 Å². The van der Waals surface area contributed by atoms with Gasteiger partial charge in [0.2, 0.25) is 0 Å². The van der Waals surface area contributed by atoms with Gasteiger partial charge in [0.25, 0.3) is 5.91 Å². The predicted molar refractivity (Wildman–Crippen MR) is 175 cm³/mol. The minimum absolute atomic E-state index is 0.131. The third-order valence-electron chi connectivity index (χ3n) is 7.85. The van der Waals surface area contributed by atoms with E-state index in [9.17, 15) is 14.7 Å². The third kappa shape index (κ3) is 8.25. The molecule has 10 heteroatoms. The highest BCUT2D eigenvalue weighted by atomic mass is 32.1. The van der Waals surface area contributed by atoms with Gasteiger partial charge in [-0.05, 0) is 113 Å². The molecule has 1 saturated carbocycles. The minimum atomic E-state index is -0.581. The molecule has 1 aliphatic carbocycles. The molecule has 2 heterocycles. The number of hydrogen-bond acceptors (Lipinski definition) is 7. The minimum Gasteiger partial charge on any atom is -0.444 e. The molecule has 0 aliphatic heterocycles. The van der Waals surface area contributed by atoms with Crippen LogP contribution in [-0.4, -0.2) is 45.3 Å². The molecule has 2 amide bonds. The Morgan fingerprint density at radius 3 is 2.70 bits per heavy atom. The van der Waals surface area contributed by atoms with Gasteiger partial charge >= 0.3 is 6.09 Å². The molecule has 0 spiro atoms. The number of nitrogens with zero attached hydrogens (tertiary/aromatic N) is 1. The van der Waals surface area contributed by atoms with E-state index < -0.39 is 11.7 Å². The van der Waals surface area contributed by atoms with Crippen LogP contribution in [0.1, 0.15) is 85.2 Å². The Labute approximate surface area is 262 Å². The number of alkyl carbamates (subject to hydrolysis) is 1. The Hall–Kier alpha value is -3.73. The van der Waals surface area contributed by atoms with Gasteiger partial charge in [-0.25, -0.2) is 9.78 Å². The molecular formula is C34H43N5O4S. The highest BCUT2D eigenvalue weighted by molar-refractivity contribution is 7.15. The second kappa shape index (κ2) is 13.5. The van der Waals surface area contributed by atoms with Crippen LogP contribution in [-0.2, 0) is 17.8 Å². The van der Waals surface area contributed by atoms with Crippen molar-refractivity contribution in [2.45, 2.75) is 84.7 Å². The molecule has 5 N–H and O–H groups in total. The standard InChI is InChI=1S/C34H43N5O4S/c1-20-13-28-29(39-31(38-28)19-36-33(42)43-34(3,4)5)16-27(20)32(41)37-21(2)23-7-6-8-24(15-23)30-12-11-26(44-30)18-35-17-22-9-10-25(40)14-22/h6-8,11-13,15-16,21-22,25,35,40H,9-10,14,17-19H2,1-5H3,(H,36,42)(H,37,41)(H,38,39)/t21-,22?,25-/m1/s1. The molecule has 1 fully saturated rings. The van der Waals surface area contributed by atoms with Crippen LogP contribution in [0.4, 0.5) is 4.79 Å². The molecule has 4 aromatic rings. The number of thiophene rings is 1. The van der Waals surface area contributed by atoms with Crippen molar-refractivity contribution in [2.75, 3.05) is 6.54 Å². The number of carbonyl (C=O) groups is 2. The van der Waals surface area contributed by atoms with Gasteiger partial charge in [-0.1, -0.05) is 18.2 Å². The molecule has 1 unspecified atom stereocenters. The quantitative estimate of drug-likeness (QED) is 0.141. The molecule has 2 aromatic carbocycles. The number of aromatic amines is 1. The van der Waals surface area contributed by atoms with Gasteiger partial charge in [0.05, 0.1) is 29.7 Å². The molecule has 0 saturated heterocycles. The number of benzene rings is 2. The molecule has 5 rings (SSSR count). The van der Waals surface area contributed by atoms with Crippen LogP contribution in [0.3, 0.4) is 0 Å². The second-order valence-electron chi connectivity index (χ2n) is 12.8. The molecule has 9 nitrogen and oxygen atoms in total. The summed E-state index contributed by atoms with van der Waals surface area (Å²) < 4.78 is 5.29.